The normalized spacial score (nSPS) is 13.3. The molecule has 1 aliphatic carbocycles. The first-order valence-corrected chi connectivity index (χ1v) is 4.27. The molecule has 2 rings (SSSR count). The van der Waals surface area contributed by atoms with Crippen LogP contribution >= 0.6 is 17.0 Å². The van der Waals surface area contributed by atoms with Gasteiger partial charge in [-0.3, -0.25) is 0 Å². The second-order valence-corrected chi connectivity index (χ2v) is 3.18. The topological polar surface area (TPSA) is 35.2 Å². The van der Waals surface area contributed by atoms with E-state index in [1.165, 1.54) is 24.0 Å². The van der Waals surface area contributed by atoms with Crippen molar-refractivity contribution < 1.29 is 4.74 Å². The fourth-order valence-electron chi connectivity index (χ4n) is 1.89. The summed E-state index contributed by atoms with van der Waals surface area (Å²) in [5.74, 6) is 0.894. The van der Waals surface area contributed by atoms with Gasteiger partial charge in [0.05, 0.1) is 12.8 Å². The van der Waals surface area contributed by atoms with Crippen LogP contribution in [0.5, 0.6) is 5.75 Å². The van der Waals surface area contributed by atoms with E-state index >= 15 is 0 Å². The van der Waals surface area contributed by atoms with Gasteiger partial charge in [0.1, 0.15) is 5.75 Å². The third-order valence-electron chi connectivity index (χ3n) is 2.46. The summed E-state index contributed by atoms with van der Waals surface area (Å²) in [5.41, 5.74) is 9.26. The van der Waals surface area contributed by atoms with Crippen molar-refractivity contribution in [2.75, 3.05) is 12.8 Å². The molecule has 0 fully saturated rings. The van der Waals surface area contributed by atoms with Crippen LogP contribution < -0.4 is 10.5 Å². The minimum atomic E-state index is 0. The Kier molecular flexibility index (Phi) is 3.20. The average Bonchev–Trinajstić information content (AvgIpc) is 2.52. The smallest absolute Gasteiger partial charge is 0.145 e. The highest BCUT2D eigenvalue weighted by Gasteiger charge is 2.16. The SMILES string of the molecule is Br.COc1c(N)ccc2c1CCC2. The van der Waals surface area contributed by atoms with Gasteiger partial charge in [0.15, 0.2) is 0 Å². The zero-order chi connectivity index (χ0) is 8.55. The fourth-order valence-corrected chi connectivity index (χ4v) is 1.89. The summed E-state index contributed by atoms with van der Waals surface area (Å²) in [7, 11) is 1.68. The molecule has 0 atom stereocenters. The van der Waals surface area contributed by atoms with Crippen molar-refractivity contribution in [3.05, 3.63) is 23.3 Å². The molecule has 3 heteroatoms. The molecule has 0 aromatic heterocycles. The van der Waals surface area contributed by atoms with E-state index in [4.69, 9.17) is 10.5 Å². The van der Waals surface area contributed by atoms with Gasteiger partial charge in [-0.15, -0.1) is 17.0 Å². The number of benzene rings is 1. The van der Waals surface area contributed by atoms with Crippen molar-refractivity contribution in [2.45, 2.75) is 19.3 Å². The van der Waals surface area contributed by atoms with E-state index < -0.39 is 0 Å². The predicted octanol–water partition coefficient (Wildman–Crippen LogP) is 2.34. The Morgan fingerprint density at radius 1 is 1.31 bits per heavy atom. The van der Waals surface area contributed by atoms with Gasteiger partial charge in [0.2, 0.25) is 0 Å². The quantitative estimate of drug-likeness (QED) is 0.769. The predicted molar refractivity (Wildman–Crippen MR) is 59.8 cm³/mol. The molecule has 1 aromatic rings. The van der Waals surface area contributed by atoms with Crippen molar-refractivity contribution in [1.82, 2.24) is 0 Å². The van der Waals surface area contributed by atoms with Crippen molar-refractivity contribution in [2.24, 2.45) is 0 Å². The number of ether oxygens (including phenoxy) is 1. The number of aryl methyl sites for hydroxylation is 1. The van der Waals surface area contributed by atoms with Gasteiger partial charge in [0.25, 0.3) is 0 Å². The lowest BCUT2D eigenvalue weighted by atomic mass is 10.1. The number of nitrogens with two attached hydrogens (primary N) is 1. The van der Waals surface area contributed by atoms with Gasteiger partial charge >= 0.3 is 0 Å². The molecule has 1 aromatic carbocycles. The number of nitrogen functional groups attached to an aromatic ring is 1. The third kappa shape index (κ3) is 1.66. The summed E-state index contributed by atoms with van der Waals surface area (Å²) in [6.07, 6.45) is 3.52. The Morgan fingerprint density at radius 2 is 2.08 bits per heavy atom. The molecule has 0 heterocycles. The summed E-state index contributed by atoms with van der Waals surface area (Å²) in [6, 6.07) is 4.04. The van der Waals surface area contributed by atoms with Crippen molar-refractivity contribution >= 4 is 22.7 Å². The van der Waals surface area contributed by atoms with Crippen LogP contribution in [0.3, 0.4) is 0 Å². The molecule has 2 nitrogen and oxygen atoms in total. The van der Waals surface area contributed by atoms with Crippen LogP contribution in [-0.2, 0) is 12.8 Å². The average molecular weight is 244 g/mol. The van der Waals surface area contributed by atoms with E-state index in [0.29, 0.717) is 0 Å². The van der Waals surface area contributed by atoms with Crippen LogP contribution in [0.4, 0.5) is 5.69 Å². The van der Waals surface area contributed by atoms with Crippen molar-refractivity contribution in [3.8, 4) is 5.75 Å². The van der Waals surface area contributed by atoms with Gasteiger partial charge in [-0.25, -0.2) is 0 Å². The second kappa shape index (κ2) is 4.01. The summed E-state index contributed by atoms with van der Waals surface area (Å²) in [6.45, 7) is 0. The molecule has 0 saturated carbocycles. The number of methoxy groups -OCH3 is 1. The first-order chi connectivity index (χ1) is 5.83. The number of rotatable bonds is 1. The Balaban J connectivity index is 0.000000845. The van der Waals surface area contributed by atoms with Gasteiger partial charge < -0.3 is 10.5 Å². The van der Waals surface area contributed by atoms with Crippen molar-refractivity contribution in [1.29, 1.82) is 0 Å². The molecule has 0 spiro atoms. The van der Waals surface area contributed by atoms with Gasteiger partial charge in [0, 0.05) is 0 Å². The Morgan fingerprint density at radius 3 is 2.77 bits per heavy atom. The lowest BCUT2D eigenvalue weighted by molar-refractivity contribution is 0.412. The molecule has 72 valence electrons. The fraction of sp³-hybridized carbons (Fsp3) is 0.400. The highest BCUT2D eigenvalue weighted by Crippen LogP contribution is 2.34. The van der Waals surface area contributed by atoms with E-state index in [-0.39, 0.29) is 17.0 Å². The number of anilines is 1. The molecule has 0 radical (unpaired) electrons. The third-order valence-corrected chi connectivity index (χ3v) is 2.46. The maximum Gasteiger partial charge on any atom is 0.145 e. The Hall–Kier alpha value is -0.700. The molecule has 0 bridgehead atoms. The molecule has 1 aliphatic rings. The summed E-state index contributed by atoms with van der Waals surface area (Å²) in [4.78, 5) is 0. The van der Waals surface area contributed by atoms with Crippen LogP contribution in [0.25, 0.3) is 0 Å². The monoisotopic (exact) mass is 243 g/mol. The minimum absolute atomic E-state index is 0. The standard InChI is InChI=1S/C10H13NO.BrH/c1-12-10-8-4-2-3-7(8)5-6-9(10)11;/h5-6H,2-4,11H2,1H3;1H. The first kappa shape index (κ1) is 10.4. The molecule has 0 saturated heterocycles. The molecule has 0 unspecified atom stereocenters. The summed E-state index contributed by atoms with van der Waals surface area (Å²) >= 11 is 0. The van der Waals surface area contributed by atoms with Gasteiger partial charge in [-0.1, -0.05) is 6.07 Å². The van der Waals surface area contributed by atoms with Crippen LogP contribution in [-0.4, -0.2) is 7.11 Å². The van der Waals surface area contributed by atoms with Crippen LogP contribution in [0, 0.1) is 0 Å². The maximum atomic E-state index is 5.78. The molecule has 0 aliphatic heterocycles. The number of hydrogen-bond donors (Lipinski definition) is 1. The lowest BCUT2D eigenvalue weighted by Gasteiger charge is -2.09. The Labute approximate surface area is 88.9 Å². The number of hydrogen-bond acceptors (Lipinski definition) is 2. The highest BCUT2D eigenvalue weighted by atomic mass is 79.9. The molecule has 0 amide bonds. The van der Waals surface area contributed by atoms with Crippen LogP contribution in [0.2, 0.25) is 0 Å². The van der Waals surface area contributed by atoms with Crippen LogP contribution in [0.15, 0.2) is 12.1 Å². The molecular weight excluding hydrogens is 230 g/mol. The Bertz CT molecular complexity index is 312. The lowest BCUT2D eigenvalue weighted by Crippen LogP contribution is -1.96. The van der Waals surface area contributed by atoms with Crippen LogP contribution in [0.1, 0.15) is 17.5 Å². The minimum Gasteiger partial charge on any atom is -0.494 e. The number of halogens is 1. The molecule has 13 heavy (non-hydrogen) atoms. The largest absolute Gasteiger partial charge is 0.494 e. The second-order valence-electron chi connectivity index (χ2n) is 3.18. The van der Waals surface area contributed by atoms with E-state index in [1.807, 2.05) is 6.07 Å². The zero-order valence-electron chi connectivity index (χ0n) is 7.67. The van der Waals surface area contributed by atoms with E-state index in [9.17, 15) is 0 Å². The summed E-state index contributed by atoms with van der Waals surface area (Å²) < 4.78 is 5.26. The van der Waals surface area contributed by atoms with Gasteiger partial charge in [-0.2, -0.15) is 0 Å². The zero-order valence-corrected chi connectivity index (χ0v) is 9.38. The number of fused-ring (bicyclic) bond motifs is 1. The van der Waals surface area contributed by atoms with Crippen molar-refractivity contribution in [3.63, 3.8) is 0 Å². The van der Waals surface area contributed by atoms with E-state index in [2.05, 4.69) is 6.07 Å². The van der Waals surface area contributed by atoms with E-state index in [1.54, 1.807) is 7.11 Å². The van der Waals surface area contributed by atoms with Gasteiger partial charge in [-0.05, 0) is 36.5 Å². The first-order valence-electron chi connectivity index (χ1n) is 4.27. The highest BCUT2D eigenvalue weighted by molar-refractivity contribution is 8.93. The molecular formula is C10H14BrNO. The van der Waals surface area contributed by atoms with E-state index in [0.717, 1.165) is 17.9 Å². The summed E-state index contributed by atoms with van der Waals surface area (Å²) in [5, 5.41) is 0. The maximum absolute atomic E-state index is 5.78. The molecule has 2 N–H and O–H groups in total.